The molecule has 8 aromatic carbocycles. The average molecular weight is 815 g/mol. The minimum absolute atomic E-state index is 0.506. The van der Waals surface area contributed by atoms with E-state index in [4.69, 9.17) is 9.97 Å². The van der Waals surface area contributed by atoms with Crippen molar-refractivity contribution in [3.8, 4) is 33.6 Å². The highest BCUT2D eigenvalue weighted by Gasteiger charge is 2.57. The van der Waals surface area contributed by atoms with E-state index < -0.39 is 10.8 Å². The lowest BCUT2D eigenvalue weighted by molar-refractivity contribution is 0.744. The molecule has 1 atom stereocenters. The van der Waals surface area contributed by atoms with Crippen molar-refractivity contribution in [3.05, 3.63) is 275 Å². The van der Waals surface area contributed by atoms with E-state index in [1.165, 1.54) is 55.6 Å². The molecule has 4 heteroatoms. The minimum Gasteiger partial charge on any atom is -0.310 e. The van der Waals surface area contributed by atoms with Gasteiger partial charge in [0.1, 0.15) is 0 Å². The zero-order valence-electron chi connectivity index (χ0n) is 34.7. The van der Waals surface area contributed by atoms with E-state index in [1.54, 1.807) is 0 Å². The van der Waals surface area contributed by atoms with E-state index in [9.17, 15) is 0 Å². The summed E-state index contributed by atoms with van der Waals surface area (Å²) in [6, 6.07) is 80.3. The molecule has 3 aliphatic carbocycles. The summed E-state index contributed by atoms with van der Waals surface area (Å²) >= 11 is 0. The number of benzene rings is 8. The summed E-state index contributed by atoms with van der Waals surface area (Å²) in [7, 11) is 0. The Bertz CT molecular complexity index is 3440. The maximum Gasteiger partial charge on any atom is 0.0939 e. The van der Waals surface area contributed by atoms with Crippen LogP contribution in [0.4, 0.5) is 34.1 Å². The first-order valence-corrected chi connectivity index (χ1v) is 22.1. The lowest BCUT2D eigenvalue weighted by Gasteiger charge is -2.45. The number of pyridine rings is 2. The smallest absolute Gasteiger partial charge is 0.0939 e. The summed E-state index contributed by atoms with van der Waals surface area (Å²) in [5, 5.41) is 0. The molecule has 4 aliphatic rings. The van der Waals surface area contributed by atoms with Gasteiger partial charge in [-0.05, 0) is 128 Å². The second-order valence-electron chi connectivity index (χ2n) is 17.2. The van der Waals surface area contributed by atoms with Crippen LogP contribution in [0.15, 0.2) is 231 Å². The molecular weight excluding hydrogens is 777 g/mol. The lowest BCUT2D eigenvalue weighted by atomic mass is 9.63. The zero-order valence-corrected chi connectivity index (χ0v) is 34.7. The Hall–Kier alpha value is -8.34. The third-order valence-electron chi connectivity index (χ3n) is 14.3. The van der Waals surface area contributed by atoms with Gasteiger partial charge in [-0.1, -0.05) is 152 Å². The first kappa shape index (κ1) is 35.3. The summed E-state index contributed by atoms with van der Waals surface area (Å²) in [6.45, 7) is 0. The van der Waals surface area contributed by atoms with E-state index >= 15 is 0 Å². The van der Waals surface area contributed by atoms with Crippen molar-refractivity contribution < 1.29 is 0 Å². The molecule has 64 heavy (non-hydrogen) atoms. The second-order valence-corrected chi connectivity index (χ2v) is 17.2. The van der Waals surface area contributed by atoms with Crippen LogP contribution in [0.2, 0.25) is 0 Å². The van der Waals surface area contributed by atoms with Gasteiger partial charge in [-0.3, -0.25) is 9.97 Å². The molecule has 0 saturated carbocycles. The zero-order chi connectivity index (χ0) is 42.0. The van der Waals surface area contributed by atoms with E-state index in [0.29, 0.717) is 0 Å². The molecule has 14 rings (SSSR count). The van der Waals surface area contributed by atoms with E-state index in [-0.39, 0.29) is 0 Å². The van der Waals surface area contributed by atoms with Gasteiger partial charge < -0.3 is 9.80 Å². The molecule has 0 amide bonds. The van der Waals surface area contributed by atoms with Crippen LogP contribution in [-0.4, -0.2) is 9.97 Å². The van der Waals surface area contributed by atoms with Crippen molar-refractivity contribution in [3.63, 3.8) is 0 Å². The number of nitrogens with zero attached hydrogens (tertiary/aromatic N) is 4. The highest BCUT2D eigenvalue weighted by molar-refractivity contribution is 6.01. The maximum atomic E-state index is 5.44. The van der Waals surface area contributed by atoms with Gasteiger partial charge >= 0.3 is 0 Å². The molecule has 1 unspecified atom stereocenters. The van der Waals surface area contributed by atoms with Crippen LogP contribution in [0, 0.1) is 0 Å². The first-order chi connectivity index (χ1) is 31.8. The topological polar surface area (TPSA) is 32.3 Å². The van der Waals surface area contributed by atoms with Crippen molar-refractivity contribution in [1.82, 2.24) is 9.97 Å². The van der Waals surface area contributed by atoms with Crippen molar-refractivity contribution in [2.75, 3.05) is 9.80 Å². The van der Waals surface area contributed by atoms with Crippen molar-refractivity contribution >= 4 is 34.1 Å². The third-order valence-corrected chi connectivity index (χ3v) is 14.3. The van der Waals surface area contributed by atoms with Gasteiger partial charge in [0.05, 0.1) is 45.5 Å². The summed E-state index contributed by atoms with van der Waals surface area (Å²) in [4.78, 5) is 15.5. The van der Waals surface area contributed by atoms with E-state index in [1.807, 2.05) is 12.4 Å². The van der Waals surface area contributed by atoms with Gasteiger partial charge in [-0.15, -0.1) is 0 Å². The number of fused-ring (bicyclic) bond motifs is 19. The van der Waals surface area contributed by atoms with Crippen LogP contribution >= 0.6 is 0 Å². The normalized spacial score (nSPS) is 16.0. The molecule has 4 nitrogen and oxygen atoms in total. The Kier molecular flexibility index (Phi) is 7.21. The molecule has 0 bridgehead atoms. The molecule has 10 aromatic rings. The average Bonchev–Trinajstić information content (AvgIpc) is 3.94. The fraction of sp³-hybridized carbons (Fsp3) is 0.0333. The van der Waals surface area contributed by atoms with E-state index in [2.05, 4.69) is 228 Å². The van der Waals surface area contributed by atoms with Crippen LogP contribution in [0.25, 0.3) is 33.6 Å². The van der Waals surface area contributed by atoms with Gasteiger partial charge in [-0.25, -0.2) is 0 Å². The Balaban J connectivity index is 1.13. The van der Waals surface area contributed by atoms with Crippen molar-refractivity contribution in [2.45, 2.75) is 10.8 Å². The first-order valence-electron chi connectivity index (χ1n) is 22.1. The summed E-state index contributed by atoms with van der Waals surface area (Å²) in [5.41, 5.74) is 22.1. The Morgan fingerprint density at radius 2 is 0.828 bits per heavy atom. The summed E-state index contributed by atoms with van der Waals surface area (Å²) in [6.07, 6.45) is 3.95. The summed E-state index contributed by atoms with van der Waals surface area (Å²) in [5.74, 6) is 0. The fourth-order valence-electron chi connectivity index (χ4n) is 12.0. The van der Waals surface area contributed by atoms with Crippen LogP contribution < -0.4 is 9.80 Å². The third kappa shape index (κ3) is 4.41. The van der Waals surface area contributed by atoms with Crippen LogP contribution in [0.5, 0.6) is 0 Å². The van der Waals surface area contributed by atoms with Gasteiger partial charge in [0.25, 0.3) is 0 Å². The van der Waals surface area contributed by atoms with Crippen molar-refractivity contribution in [1.29, 1.82) is 0 Å². The SMILES string of the molecule is c1ccc(N(c2ccccc2)c2cnc3c(c2)C2(c4ccccc4N(c4ccccc4)c4cc5c(cc42)-c2ccccc2C52c4ccccc4-c4ccccc42)c2cccnc2-3)cc1. The molecule has 1 aliphatic heterocycles. The molecular formula is C60H38N4. The number of para-hydroxylation sites is 4. The van der Waals surface area contributed by atoms with Gasteiger partial charge in [0.15, 0.2) is 0 Å². The quantitative estimate of drug-likeness (QED) is 0.177. The Labute approximate surface area is 372 Å². The number of anilines is 6. The summed E-state index contributed by atoms with van der Waals surface area (Å²) < 4.78 is 0. The van der Waals surface area contributed by atoms with Crippen LogP contribution in [-0.2, 0) is 10.8 Å². The minimum atomic E-state index is -0.774. The highest BCUT2D eigenvalue weighted by atomic mass is 15.2. The Morgan fingerprint density at radius 3 is 1.47 bits per heavy atom. The predicted molar refractivity (Wildman–Crippen MR) is 259 cm³/mol. The molecule has 2 aromatic heterocycles. The fourth-order valence-corrected chi connectivity index (χ4v) is 12.0. The molecule has 298 valence electrons. The maximum absolute atomic E-state index is 5.44. The molecule has 0 fully saturated rings. The molecule has 3 heterocycles. The van der Waals surface area contributed by atoms with Gasteiger partial charge in [0, 0.05) is 28.8 Å². The van der Waals surface area contributed by atoms with Crippen LogP contribution in [0.3, 0.4) is 0 Å². The lowest BCUT2D eigenvalue weighted by Crippen LogP contribution is -2.37. The number of hydrogen-bond acceptors (Lipinski definition) is 4. The largest absolute Gasteiger partial charge is 0.310 e. The highest BCUT2D eigenvalue weighted by Crippen LogP contribution is 2.68. The standard InChI is InChI=1S/C60H38N4/c1-4-19-39(20-5-1)63(40-21-6-2-7-22-40)42-35-54-58(62-38-42)57-51(32-18-34-61-57)60(54)50-31-16-17-33-55(50)64(41-23-8-3-9-24-41)56-37-52-46(36-53(56)60)45-27-12-15-30-49(45)59(52)47-28-13-10-25-43(47)44-26-11-14-29-48(44)59/h1-38H. The number of aromatic nitrogens is 2. The second kappa shape index (κ2) is 13.1. The molecule has 0 saturated heterocycles. The molecule has 0 radical (unpaired) electrons. The number of hydrogen-bond donors (Lipinski definition) is 0. The van der Waals surface area contributed by atoms with E-state index in [0.717, 1.165) is 56.6 Å². The molecule has 0 N–H and O–H groups in total. The van der Waals surface area contributed by atoms with Gasteiger partial charge in [0.2, 0.25) is 0 Å². The Morgan fingerprint density at radius 1 is 0.328 bits per heavy atom. The van der Waals surface area contributed by atoms with Gasteiger partial charge in [-0.2, -0.15) is 0 Å². The predicted octanol–water partition coefficient (Wildman–Crippen LogP) is 14.4. The molecule has 2 spiro atoms. The van der Waals surface area contributed by atoms with Crippen molar-refractivity contribution in [2.24, 2.45) is 0 Å². The van der Waals surface area contributed by atoms with Crippen LogP contribution in [0.1, 0.15) is 44.5 Å². The monoisotopic (exact) mass is 814 g/mol. The number of rotatable bonds is 4.